The second-order valence-electron chi connectivity index (χ2n) is 7.17. The Labute approximate surface area is 184 Å². The SMILES string of the molecule is CCCc1cccc(-c2ccc(OCc3c(C)cccc3NC)c(C)c2)n1.NNC=O. The summed E-state index contributed by atoms with van der Waals surface area (Å²) in [6.45, 7) is 6.93. The van der Waals surface area contributed by atoms with Gasteiger partial charge < -0.3 is 10.1 Å². The molecule has 3 rings (SSSR count). The molecule has 0 aliphatic carbocycles. The Bertz CT molecular complexity index is 989. The van der Waals surface area contributed by atoms with Gasteiger partial charge >= 0.3 is 0 Å². The zero-order chi connectivity index (χ0) is 22.6. The summed E-state index contributed by atoms with van der Waals surface area (Å²) < 4.78 is 6.14. The highest BCUT2D eigenvalue weighted by Crippen LogP contribution is 2.27. The number of benzene rings is 2. The van der Waals surface area contributed by atoms with Crippen LogP contribution in [0.1, 0.15) is 35.7 Å². The van der Waals surface area contributed by atoms with Gasteiger partial charge in [-0.25, -0.2) is 5.84 Å². The fourth-order valence-electron chi connectivity index (χ4n) is 3.28. The predicted octanol–water partition coefficient (Wildman–Crippen LogP) is 4.54. The van der Waals surface area contributed by atoms with Crippen molar-refractivity contribution in [3.8, 4) is 17.0 Å². The minimum absolute atomic E-state index is 0.403. The van der Waals surface area contributed by atoms with Crippen molar-refractivity contribution >= 4 is 12.1 Å². The van der Waals surface area contributed by atoms with E-state index in [1.165, 1.54) is 11.1 Å². The zero-order valence-corrected chi connectivity index (χ0v) is 18.7. The van der Waals surface area contributed by atoms with E-state index in [2.05, 4.69) is 86.5 Å². The molecular weight excluding hydrogens is 388 g/mol. The molecule has 2 aromatic carbocycles. The average Bonchev–Trinajstić information content (AvgIpc) is 2.79. The van der Waals surface area contributed by atoms with Crippen LogP contribution in [-0.4, -0.2) is 18.4 Å². The van der Waals surface area contributed by atoms with E-state index in [0.29, 0.717) is 13.0 Å². The zero-order valence-electron chi connectivity index (χ0n) is 18.7. The molecule has 1 amide bonds. The van der Waals surface area contributed by atoms with Crippen LogP contribution in [0.5, 0.6) is 5.75 Å². The van der Waals surface area contributed by atoms with Crippen molar-refractivity contribution in [2.24, 2.45) is 5.84 Å². The molecule has 6 nitrogen and oxygen atoms in total. The highest BCUT2D eigenvalue weighted by atomic mass is 16.5. The third-order valence-electron chi connectivity index (χ3n) is 4.90. The molecule has 0 unspecified atom stereocenters. The van der Waals surface area contributed by atoms with E-state index < -0.39 is 0 Å². The third kappa shape index (κ3) is 6.83. The second-order valence-corrected chi connectivity index (χ2v) is 7.17. The van der Waals surface area contributed by atoms with Gasteiger partial charge in [-0.3, -0.25) is 15.2 Å². The number of hydrogen-bond acceptors (Lipinski definition) is 5. The van der Waals surface area contributed by atoms with Crippen LogP contribution in [0.3, 0.4) is 0 Å². The van der Waals surface area contributed by atoms with Gasteiger partial charge in [0.1, 0.15) is 12.4 Å². The molecular formula is C25H32N4O2. The molecule has 0 bridgehead atoms. The number of aromatic nitrogens is 1. The summed E-state index contributed by atoms with van der Waals surface area (Å²) in [6, 6.07) is 18.8. The number of anilines is 1. The predicted molar refractivity (Wildman–Crippen MR) is 127 cm³/mol. The summed E-state index contributed by atoms with van der Waals surface area (Å²) in [5, 5.41) is 3.25. The van der Waals surface area contributed by atoms with Crippen LogP contribution in [0.15, 0.2) is 54.6 Å². The average molecular weight is 421 g/mol. The van der Waals surface area contributed by atoms with Crippen LogP contribution in [0.4, 0.5) is 5.69 Å². The van der Waals surface area contributed by atoms with Gasteiger partial charge in [-0.15, -0.1) is 0 Å². The number of carbonyl (C=O) groups is 1. The normalized spacial score (nSPS) is 9.97. The summed E-state index contributed by atoms with van der Waals surface area (Å²) >= 11 is 0. The summed E-state index contributed by atoms with van der Waals surface area (Å²) in [5.41, 5.74) is 9.70. The van der Waals surface area contributed by atoms with Crippen molar-refractivity contribution in [1.29, 1.82) is 0 Å². The van der Waals surface area contributed by atoms with Gasteiger partial charge in [0.25, 0.3) is 0 Å². The standard InChI is InChI=1S/C24H28N2O.CH4N2O/c1-5-8-20-10-7-11-22(26-20)19-13-14-24(18(3)15-19)27-16-21-17(2)9-6-12-23(21)25-4;2-3-1-4/h6-7,9-15,25H,5,8,16H2,1-4H3;1H,2H2,(H,3,4). The first-order valence-corrected chi connectivity index (χ1v) is 10.4. The lowest BCUT2D eigenvalue weighted by molar-refractivity contribution is -0.109. The quantitative estimate of drug-likeness (QED) is 0.215. The molecule has 0 spiro atoms. The maximum absolute atomic E-state index is 8.94. The molecule has 0 saturated carbocycles. The van der Waals surface area contributed by atoms with Crippen molar-refractivity contribution < 1.29 is 9.53 Å². The number of aryl methyl sites for hydroxylation is 3. The van der Waals surface area contributed by atoms with Crippen LogP contribution in [-0.2, 0) is 17.8 Å². The molecule has 0 aliphatic rings. The largest absolute Gasteiger partial charge is 0.489 e. The number of hydrogen-bond donors (Lipinski definition) is 3. The van der Waals surface area contributed by atoms with Crippen LogP contribution < -0.4 is 21.3 Å². The number of pyridine rings is 1. The highest BCUT2D eigenvalue weighted by molar-refractivity contribution is 5.62. The van der Waals surface area contributed by atoms with E-state index in [-0.39, 0.29) is 0 Å². The molecule has 0 atom stereocenters. The monoisotopic (exact) mass is 420 g/mol. The summed E-state index contributed by atoms with van der Waals surface area (Å²) in [6.07, 6.45) is 2.52. The van der Waals surface area contributed by atoms with E-state index in [0.717, 1.165) is 46.8 Å². The van der Waals surface area contributed by atoms with Crippen LogP contribution in [0.25, 0.3) is 11.3 Å². The number of ether oxygens (including phenoxy) is 1. The van der Waals surface area contributed by atoms with E-state index in [9.17, 15) is 0 Å². The van der Waals surface area contributed by atoms with Gasteiger partial charge in [-0.2, -0.15) is 0 Å². The summed E-state index contributed by atoms with van der Waals surface area (Å²) in [7, 11) is 1.94. The molecule has 6 heteroatoms. The number of nitrogens with zero attached hydrogens (tertiary/aromatic N) is 1. The molecule has 1 aromatic heterocycles. The Morgan fingerprint density at radius 1 is 1.06 bits per heavy atom. The number of nitrogens with two attached hydrogens (primary N) is 1. The molecule has 164 valence electrons. The fourth-order valence-corrected chi connectivity index (χ4v) is 3.28. The topological polar surface area (TPSA) is 89.3 Å². The molecule has 31 heavy (non-hydrogen) atoms. The van der Waals surface area contributed by atoms with E-state index in [4.69, 9.17) is 14.5 Å². The lowest BCUT2D eigenvalue weighted by Gasteiger charge is -2.15. The number of carbonyl (C=O) groups excluding carboxylic acids is 1. The highest BCUT2D eigenvalue weighted by Gasteiger charge is 2.09. The van der Waals surface area contributed by atoms with Crippen molar-refractivity contribution in [2.75, 3.05) is 12.4 Å². The molecule has 4 N–H and O–H groups in total. The molecule has 1 heterocycles. The molecule has 0 fully saturated rings. The molecule has 3 aromatic rings. The number of amides is 1. The fraction of sp³-hybridized carbons (Fsp3) is 0.280. The van der Waals surface area contributed by atoms with Gasteiger partial charge in [-0.1, -0.05) is 31.5 Å². The Kier molecular flexibility index (Phi) is 9.52. The second kappa shape index (κ2) is 12.3. The van der Waals surface area contributed by atoms with Crippen molar-refractivity contribution in [2.45, 2.75) is 40.2 Å². The summed E-state index contributed by atoms with van der Waals surface area (Å²) in [4.78, 5) is 13.7. The molecule has 0 radical (unpaired) electrons. The van der Waals surface area contributed by atoms with Gasteiger partial charge in [0.05, 0.1) is 5.69 Å². The van der Waals surface area contributed by atoms with Gasteiger partial charge in [0.2, 0.25) is 6.41 Å². The van der Waals surface area contributed by atoms with E-state index in [1.54, 1.807) is 5.43 Å². The Hall–Kier alpha value is -3.38. The van der Waals surface area contributed by atoms with E-state index >= 15 is 0 Å². The van der Waals surface area contributed by atoms with Gasteiger partial charge in [0.15, 0.2) is 0 Å². The van der Waals surface area contributed by atoms with Gasteiger partial charge in [-0.05, 0) is 67.8 Å². The van der Waals surface area contributed by atoms with Crippen molar-refractivity contribution in [1.82, 2.24) is 10.4 Å². The molecule has 0 aliphatic heterocycles. The minimum Gasteiger partial charge on any atom is -0.489 e. The van der Waals surface area contributed by atoms with Crippen LogP contribution in [0, 0.1) is 13.8 Å². The Morgan fingerprint density at radius 3 is 2.45 bits per heavy atom. The number of hydrazine groups is 1. The van der Waals surface area contributed by atoms with Crippen molar-refractivity contribution in [3.63, 3.8) is 0 Å². The Balaban J connectivity index is 0.000000785. The minimum atomic E-state index is 0.403. The Morgan fingerprint density at radius 2 is 1.81 bits per heavy atom. The van der Waals surface area contributed by atoms with Crippen molar-refractivity contribution in [3.05, 3.63) is 77.0 Å². The third-order valence-corrected chi connectivity index (χ3v) is 4.90. The summed E-state index contributed by atoms with van der Waals surface area (Å²) in [5.74, 6) is 5.32. The first-order valence-electron chi connectivity index (χ1n) is 10.4. The van der Waals surface area contributed by atoms with Crippen LogP contribution >= 0.6 is 0 Å². The lowest BCUT2D eigenvalue weighted by atomic mass is 10.1. The maximum atomic E-state index is 8.94. The van der Waals surface area contributed by atoms with Crippen LogP contribution in [0.2, 0.25) is 0 Å². The first kappa shape index (κ1) is 23.9. The first-order chi connectivity index (χ1) is 15.0. The van der Waals surface area contributed by atoms with E-state index in [1.807, 2.05) is 7.05 Å². The molecule has 0 saturated heterocycles. The smallest absolute Gasteiger partial charge is 0.221 e. The number of rotatable bonds is 8. The number of nitrogens with one attached hydrogen (secondary N) is 2. The van der Waals surface area contributed by atoms with Gasteiger partial charge in [0, 0.05) is 29.6 Å². The lowest BCUT2D eigenvalue weighted by Crippen LogP contribution is -2.18. The maximum Gasteiger partial charge on any atom is 0.221 e.